The minimum atomic E-state index is -7.45. The van der Waals surface area contributed by atoms with Crippen LogP contribution in [0.15, 0.2) is 0 Å². The summed E-state index contributed by atoms with van der Waals surface area (Å²) in [6.07, 6.45) is 0. The van der Waals surface area contributed by atoms with Gasteiger partial charge in [-0.15, -0.1) is 8.61 Å². The van der Waals surface area contributed by atoms with Gasteiger partial charge in [-0.1, -0.05) is 0 Å². The third-order valence-corrected chi connectivity index (χ3v) is 22.9. The van der Waals surface area contributed by atoms with E-state index in [4.69, 9.17) is 0 Å². The molecule has 0 aromatic rings. The Bertz CT molecular complexity index is 2760. The Kier molecular flexibility index (Phi) is 15.0. The molecule has 4 aliphatic heterocycles. The normalized spacial score (nSPS) is 31.8. The van der Waals surface area contributed by atoms with Crippen LogP contribution in [0.1, 0.15) is 0 Å². The minimum absolute atomic E-state index is 0.341. The molecule has 0 aromatic heterocycles. The second-order valence-electron chi connectivity index (χ2n) is 12.2. The summed E-state index contributed by atoms with van der Waals surface area (Å²) >= 11 is 0. The lowest BCUT2D eigenvalue weighted by atomic mass is 10.1. The number of nitrogens with zero attached hydrogens (tertiary/aromatic N) is 3. The molecule has 0 aliphatic carbocycles. The van der Waals surface area contributed by atoms with Crippen LogP contribution in [0.2, 0.25) is 0 Å². The molecule has 0 amide bonds. The monoisotopic (exact) mass is 1250 g/mol. The van der Waals surface area contributed by atoms with Crippen molar-refractivity contribution in [2.24, 2.45) is 0 Å². The number of hydrogen-bond donors (Lipinski definition) is 0. The lowest BCUT2D eigenvalue weighted by molar-refractivity contribution is -0.382. The maximum absolute atomic E-state index is 12.8. The maximum Gasteiger partial charge on any atom is 0.470 e. The second-order valence-corrected chi connectivity index (χ2v) is 26.3. The van der Waals surface area contributed by atoms with Gasteiger partial charge < -0.3 is 4.13 Å². The highest BCUT2D eigenvalue weighted by molar-refractivity contribution is 8.31. The topological polar surface area (TPSA) is 260 Å². The van der Waals surface area contributed by atoms with Crippen molar-refractivity contribution < 1.29 is 186 Å². The molecule has 4 aliphatic rings. The van der Waals surface area contributed by atoms with Crippen molar-refractivity contribution in [3.8, 4) is 0 Å². The Hall–Kier alpha value is -2.50. The smallest absolute Gasteiger partial charge is 0.425 e. The molecule has 53 heteroatoms. The quantitative estimate of drug-likeness (QED) is 0.196. The van der Waals surface area contributed by atoms with Gasteiger partial charge in [0.05, 0.1) is 3.91 Å². The fourth-order valence-electron chi connectivity index (χ4n) is 3.87. The van der Waals surface area contributed by atoms with Crippen LogP contribution in [0.3, 0.4) is 0 Å². The van der Waals surface area contributed by atoms with Gasteiger partial charge >= 0.3 is 78.7 Å². The van der Waals surface area contributed by atoms with E-state index in [1.165, 1.54) is 0 Å². The van der Waals surface area contributed by atoms with E-state index >= 15 is 0 Å². The first kappa shape index (κ1) is 65.5. The highest BCUT2D eigenvalue weighted by Gasteiger charge is 2.93. The summed E-state index contributed by atoms with van der Waals surface area (Å²) in [5, 5.41) is -38.4. The molecule has 420 valence electrons. The SMILES string of the molecule is CN1C(F)(F)C(F)(F)C(F)(F)C(F)(F)S1(=O)=O.CN1C(F)(F)C(F)(F)C(F)(F)C(F)(F)S1(=O)=O.O=S(=O)([C-]1S(=O)(=O)C(F)(F)C(F)(F)S1(=O)=O)C(F)(F)F.O=S1(=O)[N-]S(=O)(=O)C(F)(F)C(F)(F)C1(F)F. The van der Waals surface area contributed by atoms with Gasteiger partial charge in [0.1, 0.15) is 19.7 Å². The zero-order chi connectivity index (χ0) is 57.9. The zero-order valence-corrected chi connectivity index (χ0v) is 36.1. The Balaban J connectivity index is 0.000000468. The lowest BCUT2D eigenvalue weighted by Crippen LogP contribution is -2.76. The third kappa shape index (κ3) is 7.59. The molecule has 0 unspecified atom stereocenters. The molecular formula is C17H6F29N3O14S7-2. The molecule has 4 rings (SSSR count). The van der Waals surface area contributed by atoms with Crippen molar-refractivity contribution in [3.63, 3.8) is 0 Å². The number of sulfonamides is 4. The summed E-state index contributed by atoms with van der Waals surface area (Å²) in [6.45, 7) is 0. The molecule has 0 bridgehead atoms. The fourth-order valence-corrected chi connectivity index (χ4v) is 16.2. The van der Waals surface area contributed by atoms with Gasteiger partial charge in [0, 0.05) is 14.1 Å². The second kappa shape index (κ2) is 16.0. The van der Waals surface area contributed by atoms with Crippen LogP contribution in [0.4, 0.5) is 127 Å². The van der Waals surface area contributed by atoms with E-state index < -0.39 is 161 Å². The molecular weight excluding hydrogens is 1250 g/mol. The van der Waals surface area contributed by atoms with Crippen molar-refractivity contribution in [1.82, 2.24) is 8.61 Å². The average Bonchev–Trinajstić information content (AvgIpc) is 3.18. The van der Waals surface area contributed by atoms with Gasteiger partial charge in [-0.2, -0.15) is 127 Å². The largest absolute Gasteiger partial charge is 0.470 e. The predicted octanol–water partition coefficient (Wildman–Crippen LogP) is 4.69. The molecule has 17 nitrogen and oxygen atoms in total. The van der Waals surface area contributed by atoms with Crippen molar-refractivity contribution in [2.75, 3.05) is 14.1 Å². The number of rotatable bonds is 1. The van der Waals surface area contributed by atoms with Gasteiger partial charge in [0.15, 0.2) is 29.9 Å². The molecule has 0 atom stereocenters. The molecule has 0 N–H and O–H groups in total. The number of halogens is 29. The van der Waals surface area contributed by atoms with Gasteiger partial charge in [-0.05, 0) is 0 Å². The highest BCUT2D eigenvalue weighted by atomic mass is 32.3. The number of alkyl halides is 29. The predicted molar refractivity (Wildman–Crippen MR) is 155 cm³/mol. The molecule has 0 spiro atoms. The van der Waals surface area contributed by atoms with Crippen molar-refractivity contribution in [3.05, 3.63) is 8.04 Å². The summed E-state index contributed by atoms with van der Waals surface area (Å²) in [6, 6.07) is -11.9. The van der Waals surface area contributed by atoms with Gasteiger partial charge in [0.2, 0.25) is 0 Å². The Labute approximate surface area is 364 Å². The summed E-state index contributed by atoms with van der Waals surface area (Å²) in [7, 11) is -49.1. The summed E-state index contributed by atoms with van der Waals surface area (Å²) in [5.74, 6) is -33.1. The van der Waals surface area contributed by atoms with Gasteiger partial charge in [-0.25, -0.2) is 33.7 Å². The fraction of sp³-hybridized carbons (Fsp3) is 0.941. The van der Waals surface area contributed by atoms with Crippen molar-refractivity contribution >= 4 is 69.6 Å². The maximum atomic E-state index is 12.8. The molecule has 70 heavy (non-hydrogen) atoms. The van der Waals surface area contributed by atoms with Crippen LogP contribution in [0.25, 0.3) is 4.13 Å². The summed E-state index contributed by atoms with van der Waals surface area (Å²) < 4.78 is 506. The van der Waals surface area contributed by atoms with Crippen molar-refractivity contribution in [1.29, 1.82) is 0 Å². The summed E-state index contributed by atoms with van der Waals surface area (Å²) in [4.78, 5) is 0. The number of hydrogen-bond acceptors (Lipinski definition) is 14. The first-order valence-electron chi connectivity index (χ1n) is 14.2. The van der Waals surface area contributed by atoms with Crippen molar-refractivity contribution in [2.45, 2.75) is 78.7 Å². The van der Waals surface area contributed by atoms with Crippen LogP contribution in [-0.4, -0.2) is 160 Å². The Morgan fingerprint density at radius 2 is 0.586 bits per heavy atom. The molecule has 4 fully saturated rings. The zero-order valence-electron chi connectivity index (χ0n) is 30.4. The minimum Gasteiger partial charge on any atom is -0.425 e. The first-order valence-corrected chi connectivity index (χ1v) is 24.4. The molecule has 0 radical (unpaired) electrons. The third-order valence-electron chi connectivity index (χ3n) is 7.99. The van der Waals surface area contributed by atoms with E-state index in [-0.39, 0.29) is 14.1 Å². The van der Waals surface area contributed by atoms with E-state index in [2.05, 4.69) is 0 Å². The van der Waals surface area contributed by atoms with E-state index in [1.54, 1.807) is 0 Å². The van der Waals surface area contributed by atoms with E-state index in [9.17, 15) is 186 Å². The van der Waals surface area contributed by atoms with Gasteiger partial charge in [0.25, 0.3) is 20.0 Å². The van der Waals surface area contributed by atoms with Crippen LogP contribution < -0.4 is 0 Å². The van der Waals surface area contributed by atoms with Crippen LogP contribution in [0.5, 0.6) is 0 Å². The first-order chi connectivity index (χ1) is 29.4. The highest BCUT2D eigenvalue weighted by Crippen LogP contribution is 2.63. The molecule has 0 saturated carbocycles. The van der Waals surface area contributed by atoms with Crippen LogP contribution in [0, 0.1) is 3.91 Å². The van der Waals surface area contributed by atoms with E-state index in [0.717, 1.165) is 4.13 Å². The molecule has 0 aromatic carbocycles. The molecule has 4 saturated heterocycles. The Morgan fingerprint density at radius 1 is 0.371 bits per heavy atom. The van der Waals surface area contributed by atoms with Crippen LogP contribution >= 0.6 is 0 Å². The lowest BCUT2D eigenvalue weighted by Gasteiger charge is -2.45. The standard InChI is InChI=1S/2C5H3F8NO2S.C4F7O6S3.C3F6NO4S2/c2*1-14-4(10,11)2(6,7)3(8,9)5(12,13)17(14,15)16;5-2(6)3(7,8)19(14,15)1(18(2,12)13)20(16,17)4(9,10)11;4-1(5)2(6,7)15(11,12)10-16(13,14)3(1,8)9/h2*1H3;;/q;;2*-1. The summed E-state index contributed by atoms with van der Waals surface area (Å²) in [5.41, 5.74) is -6.68. The molecule has 4 heterocycles. The average molecular weight is 1250 g/mol. The Morgan fingerprint density at radius 3 is 0.786 bits per heavy atom. The number of sulfone groups is 3. The van der Waals surface area contributed by atoms with Crippen LogP contribution in [-0.2, 0) is 69.6 Å². The van der Waals surface area contributed by atoms with E-state index in [1.807, 2.05) is 0 Å². The van der Waals surface area contributed by atoms with Gasteiger partial charge in [-0.3, -0.25) is 25.3 Å². The van der Waals surface area contributed by atoms with E-state index in [0.29, 0.717) is 0 Å².